The normalized spacial score (nSPS) is 12.8. The van der Waals surface area contributed by atoms with Crippen LogP contribution >= 0.6 is 0 Å². The maximum atomic E-state index is 12.6. The second-order valence-electron chi connectivity index (χ2n) is 9.39. The van der Waals surface area contributed by atoms with Crippen LogP contribution in [0.2, 0.25) is 18.1 Å². The fraction of sp³-hybridized carbons (Fsp3) is 0.571. The zero-order chi connectivity index (χ0) is 23.3. The lowest BCUT2D eigenvalue weighted by molar-refractivity contribution is -0.141. The average Bonchev–Trinajstić information content (AvgIpc) is 3.05. The zero-order valence-corrected chi connectivity index (χ0v) is 20.4. The van der Waals surface area contributed by atoms with Crippen molar-refractivity contribution in [1.82, 2.24) is 4.57 Å². The van der Waals surface area contributed by atoms with Crippen molar-refractivity contribution in [3.05, 3.63) is 41.4 Å². The van der Waals surface area contributed by atoms with E-state index in [4.69, 9.17) is 13.9 Å². The summed E-state index contributed by atoms with van der Waals surface area (Å²) in [6.07, 6.45) is 2.51. The molecular formula is C21H33N3O5Si. The van der Waals surface area contributed by atoms with Crippen LogP contribution in [-0.4, -0.2) is 41.0 Å². The summed E-state index contributed by atoms with van der Waals surface area (Å²) in [7, 11) is -2.27. The van der Waals surface area contributed by atoms with Crippen LogP contribution in [0.15, 0.2) is 30.2 Å². The van der Waals surface area contributed by atoms with Gasteiger partial charge < -0.3 is 19.4 Å². The number of ether oxygens (including phenoxy) is 2. The predicted molar refractivity (Wildman–Crippen MR) is 117 cm³/mol. The van der Waals surface area contributed by atoms with Gasteiger partial charge in [-0.3, -0.25) is 4.57 Å². The second-order valence-corrected chi connectivity index (χ2v) is 14.1. The van der Waals surface area contributed by atoms with Crippen molar-refractivity contribution in [2.75, 3.05) is 0 Å². The topological polar surface area (TPSA) is 103 Å². The maximum Gasteiger partial charge on any atom is 0.438 e. The lowest BCUT2D eigenvalue weighted by Crippen LogP contribution is -2.42. The Kier molecular flexibility index (Phi) is 8.00. The Balaban J connectivity index is 2.94. The highest BCUT2D eigenvalue weighted by Crippen LogP contribution is 2.38. The summed E-state index contributed by atoms with van der Waals surface area (Å²) < 4.78 is 18.0. The molecule has 0 unspecified atom stereocenters. The van der Waals surface area contributed by atoms with E-state index in [2.05, 4.69) is 25.6 Å². The van der Waals surface area contributed by atoms with Crippen LogP contribution in [0.25, 0.3) is 5.53 Å². The highest BCUT2D eigenvalue weighted by molar-refractivity contribution is 6.74. The van der Waals surface area contributed by atoms with E-state index in [9.17, 15) is 15.1 Å². The summed E-state index contributed by atoms with van der Waals surface area (Å²) in [6, 6.07) is 3.28. The highest BCUT2D eigenvalue weighted by atomic mass is 28.4. The molecule has 30 heavy (non-hydrogen) atoms. The van der Waals surface area contributed by atoms with Gasteiger partial charge in [0.05, 0.1) is 5.69 Å². The number of hydrogen-bond donors (Lipinski definition) is 0. The monoisotopic (exact) mass is 435 g/mol. The second kappa shape index (κ2) is 9.45. The van der Waals surface area contributed by atoms with E-state index in [1.807, 2.05) is 13.1 Å². The Labute approximate surface area is 179 Å². The van der Waals surface area contributed by atoms with E-state index in [0.717, 1.165) is 0 Å². The van der Waals surface area contributed by atoms with Crippen LogP contribution in [-0.2, 0) is 25.3 Å². The molecule has 0 bridgehead atoms. The molecule has 166 valence electrons. The van der Waals surface area contributed by atoms with Crippen molar-refractivity contribution >= 4 is 26.1 Å². The maximum absolute atomic E-state index is 12.6. The molecule has 0 amide bonds. The van der Waals surface area contributed by atoms with Crippen LogP contribution in [0, 0.1) is 0 Å². The van der Waals surface area contributed by atoms with Gasteiger partial charge in [0.25, 0.3) is 8.32 Å². The van der Waals surface area contributed by atoms with E-state index in [-0.39, 0.29) is 23.1 Å². The van der Waals surface area contributed by atoms with Crippen molar-refractivity contribution in [3.8, 4) is 0 Å². The average molecular weight is 436 g/mol. The van der Waals surface area contributed by atoms with Gasteiger partial charge in [-0.1, -0.05) is 20.8 Å². The molecule has 0 aliphatic rings. The minimum Gasteiger partial charge on any atom is -0.538 e. The van der Waals surface area contributed by atoms with E-state index in [0.29, 0.717) is 5.69 Å². The van der Waals surface area contributed by atoms with Crippen LogP contribution in [0.1, 0.15) is 54.2 Å². The summed E-state index contributed by atoms with van der Waals surface area (Å²) >= 11 is 0. The number of carbonyl (C=O) groups is 2. The Morgan fingerprint density at radius 2 is 1.80 bits per heavy atom. The van der Waals surface area contributed by atoms with Gasteiger partial charge in [-0.05, 0) is 64.0 Å². The van der Waals surface area contributed by atoms with Crippen molar-refractivity contribution in [2.24, 2.45) is 0 Å². The van der Waals surface area contributed by atoms with Gasteiger partial charge >= 0.3 is 17.8 Å². The molecule has 9 heteroatoms. The van der Waals surface area contributed by atoms with Crippen molar-refractivity contribution in [3.63, 3.8) is 0 Å². The first kappa shape index (κ1) is 25.4. The van der Waals surface area contributed by atoms with Crippen LogP contribution in [0.3, 0.4) is 0 Å². The summed E-state index contributed by atoms with van der Waals surface area (Å²) in [5.74, 6) is -0.696. The van der Waals surface area contributed by atoms with Crippen LogP contribution in [0.4, 0.5) is 4.79 Å². The smallest absolute Gasteiger partial charge is 0.438 e. The zero-order valence-electron chi connectivity index (χ0n) is 19.4. The Morgan fingerprint density at radius 3 is 2.27 bits per heavy atom. The lowest BCUT2D eigenvalue weighted by Gasteiger charge is -2.36. The van der Waals surface area contributed by atoms with E-state index in [1.165, 1.54) is 10.8 Å². The molecule has 1 aromatic rings. The molecular weight excluding hydrogens is 402 g/mol. The number of nitrogens with zero attached hydrogens (tertiary/aromatic N) is 3. The molecule has 0 aliphatic heterocycles. The first-order chi connectivity index (χ1) is 13.6. The van der Waals surface area contributed by atoms with E-state index >= 15 is 0 Å². The van der Waals surface area contributed by atoms with Gasteiger partial charge in [0.15, 0.2) is 5.76 Å². The summed E-state index contributed by atoms with van der Waals surface area (Å²) in [5, 5.41) is -0.111. The Hall–Kier alpha value is -2.64. The van der Waals surface area contributed by atoms with Crippen molar-refractivity contribution in [1.29, 1.82) is 0 Å². The number of allylic oxidation sites excluding steroid dienone is 1. The Bertz CT molecular complexity index is 866. The molecule has 0 aromatic carbocycles. The first-order valence-electron chi connectivity index (χ1n) is 9.77. The van der Waals surface area contributed by atoms with Crippen LogP contribution in [0.5, 0.6) is 0 Å². The molecule has 0 fully saturated rings. The number of aromatic nitrogens is 1. The molecule has 0 radical (unpaired) electrons. The number of carbonyl (C=O) groups excluding carboxylic acids is 2. The van der Waals surface area contributed by atoms with Gasteiger partial charge in [0.1, 0.15) is 12.2 Å². The fourth-order valence-corrected chi connectivity index (χ4v) is 3.16. The third-order valence-electron chi connectivity index (χ3n) is 4.73. The summed E-state index contributed by atoms with van der Waals surface area (Å²) in [6.45, 7) is 17.0. The summed E-state index contributed by atoms with van der Waals surface area (Å²) in [4.78, 5) is 28.0. The molecule has 0 saturated heterocycles. The standard InChI is InChI=1S/C21H33N3O5Si/c1-10-16(29-30(8,9)21(5,6)7)17(23-22)18(25)27-14-15-12-11-13-24(15)19(26)28-20(2,3)4/h10-13H,14H2,1-9H3/b16-10-. The van der Waals surface area contributed by atoms with Crippen molar-refractivity contribution in [2.45, 2.75) is 78.8 Å². The van der Waals surface area contributed by atoms with E-state index in [1.54, 1.807) is 45.9 Å². The molecule has 1 rings (SSSR count). The molecule has 0 spiro atoms. The lowest BCUT2D eigenvalue weighted by atomic mass is 10.2. The molecule has 8 nitrogen and oxygen atoms in total. The highest BCUT2D eigenvalue weighted by Gasteiger charge is 2.42. The molecule has 0 atom stereocenters. The van der Waals surface area contributed by atoms with Gasteiger partial charge in [-0.25, -0.2) is 9.59 Å². The van der Waals surface area contributed by atoms with Gasteiger partial charge in [0, 0.05) is 6.20 Å². The van der Waals surface area contributed by atoms with Gasteiger partial charge in [-0.2, -0.15) is 4.79 Å². The molecule has 1 aromatic heterocycles. The molecule has 0 saturated carbocycles. The van der Waals surface area contributed by atoms with Crippen molar-refractivity contribution < 1.29 is 28.3 Å². The SMILES string of the molecule is C/C=C(\O[Si](C)(C)C(C)(C)C)C(=[N+]=[N-])C(=O)OCc1cccn1C(=O)OC(C)(C)C. The van der Waals surface area contributed by atoms with E-state index < -0.39 is 26.0 Å². The minimum absolute atomic E-state index is 0.111. The predicted octanol–water partition coefficient (Wildman–Crippen LogP) is 4.91. The first-order valence-corrected chi connectivity index (χ1v) is 12.7. The molecule has 0 aliphatic carbocycles. The molecule has 1 heterocycles. The quantitative estimate of drug-likeness (QED) is 0.158. The third kappa shape index (κ3) is 6.71. The summed E-state index contributed by atoms with van der Waals surface area (Å²) in [5.41, 5.74) is 8.87. The molecule has 0 N–H and O–H groups in total. The minimum atomic E-state index is -2.27. The van der Waals surface area contributed by atoms with Crippen LogP contribution < -0.4 is 0 Å². The van der Waals surface area contributed by atoms with Gasteiger partial charge in [-0.15, -0.1) is 0 Å². The van der Waals surface area contributed by atoms with Gasteiger partial charge in [0.2, 0.25) is 0 Å². The third-order valence-corrected chi connectivity index (χ3v) is 9.08. The number of esters is 1. The number of rotatable bonds is 6. The fourth-order valence-electron chi connectivity index (χ4n) is 2.09. The Morgan fingerprint density at radius 1 is 1.20 bits per heavy atom. The number of hydrogen-bond acceptors (Lipinski definition) is 5. The largest absolute Gasteiger partial charge is 0.538 e.